The second-order valence-electron chi connectivity index (χ2n) is 1.83. The molecule has 1 aromatic rings. The molecule has 0 bridgehead atoms. The molecule has 0 fully saturated rings. The number of rotatable bonds is 2. The first-order chi connectivity index (χ1) is 4.86. The fraction of sp³-hybridized carbons (Fsp3) is 0.286. The molecule has 0 aromatic carbocycles. The smallest absolute Gasteiger partial charge is 0.124 e. The first-order valence-electron chi connectivity index (χ1n) is 2.94. The Balaban J connectivity index is 2.87. The number of ether oxygens (including phenoxy) is 1. The summed E-state index contributed by atoms with van der Waals surface area (Å²) >= 11 is 0. The lowest BCUT2D eigenvalue weighted by Crippen LogP contribution is -1.89. The predicted molar refractivity (Wildman–Crippen MR) is 35.2 cm³/mol. The zero-order valence-corrected chi connectivity index (χ0v) is 5.70. The SMILES string of the molecule is COc1ccnc(C[O])c1. The fourth-order valence-electron chi connectivity index (χ4n) is 0.662. The molecule has 3 heteroatoms. The molecule has 0 aliphatic carbocycles. The predicted octanol–water partition coefficient (Wildman–Crippen LogP) is 1.02. The molecule has 0 aliphatic heterocycles. The zero-order chi connectivity index (χ0) is 7.40. The van der Waals surface area contributed by atoms with Crippen LogP contribution in [0, 0.1) is 0 Å². The van der Waals surface area contributed by atoms with E-state index in [1.165, 1.54) is 0 Å². The van der Waals surface area contributed by atoms with Gasteiger partial charge in [-0.3, -0.25) is 4.98 Å². The first kappa shape index (κ1) is 7.02. The zero-order valence-electron chi connectivity index (χ0n) is 5.70. The molecule has 0 atom stereocenters. The van der Waals surface area contributed by atoms with E-state index in [1.807, 2.05) is 0 Å². The van der Waals surface area contributed by atoms with E-state index in [-0.39, 0.29) is 6.61 Å². The van der Waals surface area contributed by atoms with Gasteiger partial charge in [-0.1, -0.05) is 0 Å². The summed E-state index contributed by atoms with van der Waals surface area (Å²) in [7, 11) is 1.56. The largest absolute Gasteiger partial charge is 0.497 e. The third kappa shape index (κ3) is 1.45. The minimum Gasteiger partial charge on any atom is -0.497 e. The van der Waals surface area contributed by atoms with Gasteiger partial charge in [-0.15, -0.1) is 0 Å². The summed E-state index contributed by atoms with van der Waals surface area (Å²) in [5.74, 6) is 0.681. The van der Waals surface area contributed by atoms with Gasteiger partial charge in [0, 0.05) is 12.3 Å². The van der Waals surface area contributed by atoms with Gasteiger partial charge in [0.1, 0.15) is 12.4 Å². The normalized spacial score (nSPS) is 9.40. The first-order valence-corrected chi connectivity index (χ1v) is 2.94. The van der Waals surface area contributed by atoms with Crippen LogP contribution in [-0.2, 0) is 11.7 Å². The second kappa shape index (κ2) is 3.17. The molecule has 1 heterocycles. The molecule has 0 unspecified atom stereocenters. The van der Waals surface area contributed by atoms with E-state index < -0.39 is 0 Å². The van der Waals surface area contributed by atoms with Gasteiger partial charge in [0.25, 0.3) is 0 Å². The minimum absolute atomic E-state index is 0.294. The molecule has 0 spiro atoms. The van der Waals surface area contributed by atoms with E-state index in [0.717, 1.165) is 0 Å². The molecule has 1 aromatic heterocycles. The maximum Gasteiger partial charge on any atom is 0.124 e. The number of aromatic nitrogens is 1. The molecule has 10 heavy (non-hydrogen) atoms. The van der Waals surface area contributed by atoms with Gasteiger partial charge in [-0.25, -0.2) is 5.11 Å². The number of nitrogens with zero attached hydrogens (tertiary/aromatic N) is 1. The molecule has 1 radical (unpaired) electrons. The summed E-state index contributed by atoms with van der Waals surface area (Å²) in [5.41, 5.74) is 0.513. The fourth-order valence-corrected chi connectivity index (χ4v) is 0.662. The Bertz CT molecular complexity index is 193. The number of hydrogen-bond donors (Lipinski definition) is 0. The Labute approximate surface area is 59.3 Å². The third-order valence-electron chi connectivity index (χ3n) is 1.17. The van der Waals surface area contributed by atoms with Gasteiger partial charge in [0.2, 0.25) is 0 Å². The van der Waals surface area contributed by atoms with E-state index in [2.05, 4.69) is 4.98 Å². The quantitative estimate of drug-likeness (QED) is 0.612. The Morgan fingerprint density at radius 2 is 2.50 bits per heavy atom. The van der Waals surface area contributed by atoms with Crippen LogP contribution in [0.2, 0.25) is 0 Å². The average Bonchev–Trinajstić information content (AvgIpc) is 2.05. The number of pyridine rings is 1. The molecular weight excluding hydrogens is 130 g/mol. The van der Waals surface area contributed by atoms with Crippen LogP contribution in [0.1, 0.15) is 5.69 Å². The summed E-state index contributed by atoms with van der Waals surface area (Å²) in [5, 5.41) is 10.3. The number of methoxy groups -OCH3 is 1. The van der Waals surface area contributed by atoms with Crippen molar-refractivity contribution in [3.63, 3.8) is 0 Å². The third-order valence-corrected chi connectivity index (χ3v) is 1.17. The van der Waals surface area contributed by atoms with Crippen molar-refractivity contribution in [2.45, 2.75) is 6.61 Å². The van der Waals surface area contributed by atoms with Crippen LogP contribution < -0.4 is 4.74 Å². The highest BCUT2D eigenvalue weighted by molar-refractivity contribution is 5.21. The topological polar surface area (TPSA) is 42.0 Å². The Morgan fingerprint density at radius 1 is 1.70 bits per heavy atom. The van der Waals surface area contributed by atoms with Crippen LogP contribution in [0.25, 0.3) is 0 Å². The van der Waals surface area contributed by atoms with Crippen molar-refractivity contribution in [1.29, 1.82) is 0 Å². The highest BCUT2D eigenvalue weighted by Gasteiger charge is 1.93. The lowest BCUT2D eigenvalue weighted by atomic mass is 10.3. The maximum atomic E-state index is 10.3. The molecule has 1 rings (SSSR count). The molecule has 3 nitrogen and oxygen atoms in total. The maximum absolute atomic E-state index is 10.3. The van der Waals surface area contributed by atoms with E-state index >= 15 is 0 Å². The van der Waals surface area contributed by atoms with Crippen molar-refractivity contribution in [3.8, 4) is 5.75 Å². The van der Waals surface area contributed by atoms with Gasteiger partial charge < -0.3 is 4.74 Å². The van der Waals surface area contributed by atoms with E-state index in [0.29, 0.717) is 11.4 Å². The van der Waals surface area contributed by atoms with E-state index in [4.69, 9.17) is 4.74 Å². The van der Waals surface area contributed by atoms with Crippen LogP contribution in [0.3, 0.4) is 0 Å². The summed E-state index contributed by atoms with van der Waals surface area (Å²) in [4.78, 5) is 3.81. The van der Waals surface area contributed by atoms with Gasteiger partial charge in [-0.05, 0) is 6.07 Å². The van der Waals surface area contributed by atoms with Gasteiger partial charge >= 0.3 is 0 Å². The summed E-state index contributed by atoms with van der Waals surface area (Å²) in [6.45, 7) is -0.294. The van der Waals surface area contributed by atoms with Gasteiger partial charge in [0.05, 0.1) is 12.8 Å². The molecule has 0 saturated carbocycles. The van der Waals surface area contributed by atoms with Crippen molar-refractivity contribution >= 4 is 0 Å². The van der Waals surface area contributed by atoms with Crippen molar-refractivity contribution < 1.29 is 9.84 Å². The molecule has 0 amide bonds. The van der Waals surface area contributed by atoms with Crippen LogP contribution in [-0.4, -0.2) is 12.1 Å². The molecular formula is C7H8NO2. The summed E-state index contributed by atoms with van der Waals surface area (Å²) < 4.78 is 4.88. The monoisotopic (exact) mass is 138 g/mol. The van der Waals surface area contributed by atoms with Crippen LogP contribution in [0.4, 0.5) is 0 Å². The lowest BCUT2D eigenvalue weighted by Gasteiger charge is -1.98. The highest BCUT2D eigenvalue weighted by atomic mass is 16.5. The lowest BCUT2D eigenvalue weighted by molar-refractivity contribution is 0.173. The highest BCUT2D eigenvalue weighted by Crippen LogP contribution is 2.09. The van der Waals surface area contributed by atoms with E-state index in [9.17, 15) is 5.11 Å². The Kier molecular flexibility index (Phi) is 2.23. The summed E-state index contributed by atoms with van der Waals surface area (Å²) in [6.07, 6.45) is 1.56. The van der Waals surface area contributed by atoms with Crippen molar-refractivity contribution in [2.24, 2.45) is 0 Å². The van der Waals surface area contributed by atoms with Crippen LogP contribution in [0.5, 0.6) is 5.75 Å². The summed E-state index contributed by atoms with van der Waals surface area (Å²) in [6, 6.07) is 3.34. The molecule has 0 N–H and O–H groups in total. The molecule has 53 valence electrons. The average molecular weight is 138 g/mol. The molecule has 0 saturated heterocycles. The van der Waals surface area contributed by atoms with Crippen LogP contribution >= 0.6 is 0 Å². The Hall–Kier alpha value is -1.09. The number of hydrogen-bond acceptors (Lipinski definition) is 2. The second-order valence-corrected chi connectivity index (χ2v) is 1.83. The van der Waals surface area contributed by atoms with Crippen molar-refractivity contribution in [3.05, 3.63) is 24.0 Å². The van der Waals surface area contributed by atoms with E-state index in [1.54, 1.807) is 25.4 Å². The van der Waals surface area contributed by atoms with Gasteiger partial charge in [0.15, 0.2) is 0 Å². The van der Waals surface area contributed by atoms with Crippen molar-refractivity contribution in [1.82, 2.24) is 4.98 Å². The van der Waals surface area contributed by atoms with Crippen molar-refractivity contribution in [2.75, 3.05) is 7.11 Å². The Morgan fingerprint density at radius 3 is 3.10 bits per heavy atom. The minimum atomic E-state index is -0.294. The molecule has 0 aliphatic rings. The van der Waals surface area contributed by atoms with Crippen LogP contribution in [0.15, 0.2) is 18.3 Å². The standard InChI is InChI=1S/C7H8NO2/c1-10-7-2-3-8-6(4-7)5-9/h2-4H,5H2,1H3. The van der Waals surface area contributed by atoms with Gasteiger partial charge in [-0.2, -0.15) is 0 Å².